The number of rotatable bonds is 3. The van der Waals surface area contributed by atoms with Crippen LogP contribution < -0.4 is 10.7 Å². The summed E-state index contributed by atoms with van der Waals surface area (Å²) in [6, 6.07) is 6.04. The lowest BCUT2D eigenvalue weighted by molar-refractivity contribution is -0.121. The van der Waals surface area contributed by atoms with Crippen LogP contribution >= 0.6 is 12.6 Å². The first kappa shape index (κ1) is 14.1. The maximum atomic E-state index is 11.4. The molecule has 0 radical (unpaired) electrons. The normalized spacial score (nSPS) is 21.5. The van der Waals surface area contributed by atoms with Gasteiger partial charge in [-0.15, -0.1) is 0 Å². The predicted octanol–water partition coefficient (Wildman–Crippen LogP) is 2.89. The van der Waals surface area contributed by atoms with E-state index in [0.29, 0.717) is 18.0 Å². The van der Waals surface area contributed by atoms with Gasteiger partial charge in [-0.1, -0.05) is 31.7 Å². The SMILES string of the molecule is CC1CC(=O)NN=C1c1ccc(C2CC2)cc1NC(=O)S. The van der Waals surface area contributed by atoms with Crippen molar-refractivity contribution in [1.29, 1.82) is 0 Å². The molecule has 1 unspecified atom stereocenters. The summed E-state index contributed by atoms with van der Waals surface area (Å²) in [5.74, 6) is 0.529. The first-order chi connectivity index (χ1) is 10.0. The van der Waals surface area contributed by atoms with E-state index in [2.05, 4.69) is 34.5 Å². The minimum Gasteiger partial charge on any atom is -0.316 e. The second-order valence-electron chi connectivity index (χ2n) is 5.65. The van der Waals surface area contributed by atoms with Gasteiger partial charge in [-0.3, -0.25) is 9.59 Å². The third-order valence-electron chi connectivity index (χ3n) is 3.87. The quantitative estimate of drug-likeness (QED) is 0.751. The van der Waals surface area contributed by atoms with Crippen LogP contribution in [0.15, 0.2) is 23.3 Å². The Morgan fingerprint density at radius 3 is 2.81 bits per heavy atom. The molecule has 1 heterocycles. The fraction of sp³-hybridized carbons (Fsp3) is 0.400. The van der Waals surface area contributed by atoms with Gasteiger partial charge in [0.1, 0.15) is 0 Å². The first-order valence-electron chi connectivity index (χ1n) is 7.05. The van der Waals surface area contributed by atoms with Crippen molar-refractivity contribution in [3.05, 3.63) is 29.3 Å². The largest absolute Gasteiger partial charge is 0.316 e. The zero-order valence-corrected chi connectivity index (χ0v) is 12.6. The van der Waals surface area contributed by atoms with E-state index >= 15 is 0 Å². The number of nitrogens with one attached hydrogen (secondary N) is 2. The number of nitrogens with zero attached hydrogens (tertiary/aromatic N) is 1. The highest BCUT2D eigenvalue weighted by atomic mass is 32.1. The molecule has 1 atom stereocenters. The molecule has 6 heteroatoms. The van der Waals surface area contributed by atoms with Crippen LogP contribution in [0.1, 0.15) is 43.2 Å². The Balaban J connectivity index is 2.00. The van der Waals surface area contributed by atoms with Gasteiger partial charge >= 0.3 is 0 Å². The molecule has 0 spiro atoms. The molecular formula is C15H17N3O2S. The average molecular weight is 303 g/mol. The maximum Gasteiger partial charge on any atom is 0.280 e. The lowest BCUT2D eigenvalue weighted by atomic mass is 9.92. The molecule has 1 aromatic carbocycles. The average Bonchev–Trinajstić information content (AvgIpc) is 3.23. The van der Waals surface area contributed by atoms with E-state index < -0.39 is 5.24 Å². The van der Waals surface area contributed by atoms with Gasteiger partial charge in [-0.2, -0.15) is 5.10 Å². The van der Waals surface area contributed by atoms with E-state index in [0.717, 1.165) is 11.3 Å². The van der Waals surface area contributed by atoms with Crippen LogP contribution in [-0.2, 0) is 4.79 Å². The fourth-order valence-electron chi connectivity index (χ4n) is 2.65. The van der Waals surface area contributed by atoms with E-state index in [4.69, 9.17) is 0 Å². The van der Waals surface area contributed by atoms with Gasteiger partial charge in [0.2, 0.25) is 5.91 Å². The second-order valence-corrected chi connectivity index (χ2v) is 6.05. The summed E-state index contributed by atoms with van der Waals surface area (Å²) < 4.78 is 0. The Kier molecular flexibility index (Phi) is 3.71. The summed E-state index contributed by atoms with van der Waals surface area (Å²) in [4.78, 5) is 22.7. The zero-order valence-electron chi connectivity index (χ0n) is 11.7. The van der Waals surface area contributed by atoms with Crippen molar-refractivity contribution >= 4 is 35.2 Å². The van der Waals surface area contributed by atoms with Crippen molar-refractivity contribution in [2.75, 3.05) is 5.32 Å². The smallest absolute Gasteiger partial charge is 0.280 e. The van der Waals surface area contributed by atoms with Crippen molar-refractivity contribution in [3.63, 3.8) is 0 Å². The molecule has 3 rings (SSSR count). The Morgan fingerprint density at radius 1 is 1.43 bits per heavy atom. The van der Waals surface area contributed by atoms with Crippen molar-refractivity contribution < 1.29 is 9.59 Å². The lowest BCUT2D eigenvalue weighted by Crippen LogP contribution is -2.32. The molecule has 0 aromatic heterocycles. The Hall–Kier alpha value is -1.82. The van der Waals surface area contributed by atoms with Crippen LogP contribution in [0.2, 0.25) is 0 Å². The van der Waals surface area contributed by atoms with Crippen molar-refractivity contribution in [1.82, 2.24) is 5.43 Å². The molecule has 21 heavy (non-hydrogen) atoms. The van der Waals surface area contributed by atoms with Crippen LogP contribution in [-0.4, -0.2) is 16.9 Å². The summed E-state index contributed by atoms with van der Waals surface area (Å²) in [5, 5.41) is 6.51. The highest BCUT2D eigenvalue weighted by Gasteiger charge is 2.27. The van der Waals surface area contributed by atoms with Crippen LogP contribution in [0.4, 0.5) is 10.5 Å². The Morgan fingerprint density at radius 2 is 2.19 bits per heavy atom. The lowest BCUT2D eigenvalue weighted by Gasteiger charge is -2.21. The highest BCUT2D eigenvalue weighted by Crippen LogP contribution is 2.41. The van der Waals surface area contributed by atoms with Gasteiger partial charge in [-0.05, 0) is 30.4 Å². The van der Waals surface area contributed by atoms with Crippen molar-refractivity contribution in [3.8, 4) is 0 Å². The van der Waals surface area contributed by atoms with E-state index in [-0.39, 0.29) is 11.8 Å². The molecule has 110 valence electrons. The van der Waals surface area contributed by atoms with E-state index in [9.17, 15) is 9.59 Å². The molecule has 5 nitrogen and oxygen atoms in total. The summed E-state index contributed by atoms with van der Waals surface area (Å²) in [7, 11) is 0. The van der Waals surface area contributed by atoms with Crippen LogP contribution in [0, 0.1) is 5.92 Å². The van der Waals surface area contributed by atoms with Gasteiger partial charge in [-0.25, -0.2) is 5.43 Å². The van der Waals surface area contributed by atoms with Crippen LogP contribution in [0.5, 0.6) is 0 Å². The summed E-state index contributed by atoms with van der Waals surface area (Å²) in [6.07, 6.45) is 2.79. The number of thiol groups is 1. The number of carbonyl (C=O) groups excluding carboxylic acids is 2. The second kappa shape index (κ2) is 5.52. The van der Waals surface area contributed by atoms with Crippen LogP contribution in [0.3, 0.4) is 0 Å². The number of hydrazone groups is 1. The topological polar surface area (TPSA) is 70.6 Å². The molecule has 2 amide bonds. The maximum absolute atomic E-state index is 11.4. The summed E-state index contributed by atoms with van der Waals surface area (Å²) in [5.41, 5.74) is 6.07. The molecule has 1 saturated carbocycles. The van der Waals surface area contributed by atoms with Crippen LogP contribution in [0.25, 0.3) is 0 Å². The minimum absolute atomic E-state index is 0.0149. The molecule has 2 N–H and O–H groups in total. The number of anilines is 1. The third-order valence-corrected chi connectivity index (χ3v) is 3.98. The molecular weight excluding hydrogens is 286 g/mol. The molecule has 1 aromatic rings. The third kappa shape index (κ3) is 3.10. The van der Waals surface area contributed by atoms with Gasteiger partial charge in [0.25, 0.3) is 5.24 Å². The van der Waals surface area contributed by atoms with E-state index in [1.165, 1.54) is 18.4 Å². The molecule has 0 bridgehead atoms. The molecule has 2 aliphatic rings. The minimum atomic E-state index is -0.405. The molecule has 1 aliphatic heterocycles. The van der Waals surface area contributed by atoms with E-state index in [1.807, 2.05) is 19.1 Å². The number of amides is 2. The number of benzene rings is 1. The van der Waals surface area contributed by atoms with Gasteiger partial charge in [0, 0.05) is 17.9 Å². The molecule has 0 saturated heterocycles. The van der Waals surface area contributed by atoms with Gasteiger partial charge in [0.05, 0.1) is 11.4 Å². The van der Waals surface area contributed by atoms with E-state index in [1.54, 1.807) is 0 Å². The zero-order chi connectivity index (χ0) is 15.0. The molecule has 1 fully saturated rings. The van der Waals surface area contributed by atoms with Gasteiger partial charge in [0.15, 0.2) is 0 Å². The predicted molar refractivity (Wildman–Crippen MR) is 84.9 cm³/mol. The number of carbonyl (C=O) groups is 2. The standard InChI is InChI=1S/C15H17N3O2S/c1-8-6-13(19)17-18-14(8)11-5-4-10(9-2-3-9)7-12(11)16-15(20)21/h4-5,7-9H,2-3,6H2,1H3,(H,17,19)(H2,16,20,21). The Bertz CT molecular complexity index is 638. The fourth-order valence-corrected chi connectivity index (χ4v) is 2.77. The summed E-state index contributed by atoms with van der Waals surface area (Å²) in [6.45, 7) is 1.96. The van der Waals surface area contributed by atoms with Crippen molar-refractivity contribution in [2.45, 2.75) is 32.1 Å². The monoisotopic (exact) mass is 303 g/mol. The number of hydrogen-bond donors (Lipinski definition) is 3. The number of hydrogen-bond acceptors (Lipinski definition) is 3. The van der Waals surface area contributed by atoms with Gasteiger partial charge < -0.3 is 5.32 Å². The summed E-state index contributed by atoms with van der Waals surface area (Å²) >= 11 is 3.80. The highest BCUT2D eigenvalue weighted by molar-refractivity contribution is 7.96. The Labute approximate surface area is 128 Å². The first-order valence-corrected chi connectivity index (χ1v) is 7.50. The van der Waals surface area contributed by atoms with Crippen molar-refractivity contribution in [2.24, 2.45) is 11.0 Å². The molecule has 1 aliphatic carbocycles.